The molecule has 45 heavy (non-hydrogen) atoms. The number of benzene rings is 1. The lowest BCUT2D eigenvalue weighted by Crippen LogP contribution is -2.43. The number of rotatable bonds is 7. The molecule has 0 spiro atoms. The number of nitrogens with one attached hydrogen (secondary N) is 3. The van der Waals surface area contributed by atoms with Crippen molar-refractivity contribution in [2.75, 3.05) is 38.0 Å². The Balaban J connectivity index is 1.08. The minimum atomic E-state index is -4.54. The highest BCUT2D eigenvalue weighted by molar-refractivity contribution is 5.89. The predicted molar refractivity (Wildman–Crippen MR) is 164 cm³/mol. The number of alkyl halides is 3. The Morgan fingerprint density at radius 3 is 2.69 bits per heavy atom. The van der Waals surface area contributed by atoms with Gasteiger partial charge in [0.25, 0.3) is 0 Å². The molecule has 1 saturated carbocycles. The van der Waals surface area contributed by atoms with Crippen molar-refractivity contribution in [2.24, 2.45) is 0 Å². The molecule has 5 heterocycles. The summed E-state index contributed by atoms with van der Waals surface area (Å²) in [6.45, 7) is 5.78. The van der Waals surface area contributed by atoms with Crippen molar-refractivity contribution < 1.29 is 22.7 Å². The summed E-state index contributed by atoms with van der Waals surface area (Å²) < 4.78 is 48.5. The molecule has 4 aromatic rings. The maximum atomic E-state index is 14.1. The van der Waals surface area contributed by atoms with Crippen molar-refractivity contribution in [1.29, 1.82) is 0 Å². The number of carbonyl (C=O) groups excluding carboxylic acids is 1. The molecule has 0 radical (unpaired) electrons. The van der Waals surface area contributed by atoms with Crippen LogP contribution in [0.1, 0.15) is 66.1 Å². The number of fused-ring (bicyclic) bond motifs is 2. The molecule has 3 aliphatic rings. The fourth-order valence-electron chi connectivity index (χ4n) is 6.37. The van der Waals surface area contributed by atoms with Crippen LogP contribution in [0.5, 0.6) is 11.5 Å². The molecule has 3 N–H and O–H groups in total. The van der Waals surface area contributed by atoms with Gasteiger partial charge in [-0.05, 0) is 66.6 Å². The maximum Gasteiger partial charge on any atom is 0.416 e. The van der Waals surface area contributed by atoms with Crippen molar-refractivity contribution in [3.05, 3.63) is 76.9 Å². The maximum absolute atomic E-state index is 14.1. The van der Waals surface area contributed by atoms with E-state index in [0.717, 1.165) is 47.9 Å². The second kappa shape index (κ2) is 12.0. The van der Waals surface area contributed by atoms with Gasteiger partial charge in [-0.1, -0.05) is 13.0 Å². The molecule has 2 fully saturated rings. The molecular weight excluding hydrogens is 583 g/mol. The third kappa shape index (κ3) is 6.34. The molecule has 1 saturated heterocycles. The van der Waals surface area contributed by atoms with Crippen LogP contribution in [0, 0.1) is 0 Å². The molecule has 12 heteroatoms. The zero-order valence-electron chi connectivity index (χ0n) is 25.1. The van der Waals surface area contributed by atoms with Crippen LogP contribution in [0.3, 0.4) is 0 Å². The number of ether oxygens (including phenoxy) is 1. The summed E-state index contributed by atoms with van der Waals surface area (Å²) in [6.07, 6.45) is 1.97. The highest BCUT2D eigenvalue weighted by Crippen LogP contribution is 2.42. The van der Waals surface area contributed by atoms with Crippen LogP contribution in [0.25, 0.3) is 11.0 Å². The summed E-state index contributed by atoms with van der Waals surface area (Å²) >= 11 is 0. The van der Waals surface area contributed by atoms with Crippen LogP contribution in [-0.2, 0) is 19.3 Å². The summed E-state index contributed by atoms with van der Waals surface area (Å²) in [5.41, 5.74) is 3.29. The lowest BCUT2D eigenvalue weighted by molar-refractivity contribution is -0.138. The molecule has 2 aliphatic heterocycles. The first kappa shape index (κ1) is 29.5. The van der Waals surface area contributed by atoms with Crippen molar-refractivity contribution in [3.63, 3.8) is 0 Å². The van der Waals surface area contributed by atoms with E-state index in [1.807, 2.05) is 24.0 Å². The Morgan fingerprint density at radius 2 is 1.93 bits per heavy atom. The van der Waals surface area contributed by atoms with E-state index in [9.17, 15) is 18.0 Å². The molecule has 9 nitrogen and oxygen atoms in total. The van der Waals surface area contributed by atoms with Crippen molar-refractivity contribution in [3.8, 4) is 11.5 Å². The van der Waals surface area contributed by atoms with Crippen LogP contribution in [0.15, 0.2) is 48.8 Å². The Morgan fingerprint density at radius 1 is 1.11 bits per heavy atom. The van der Waals surface area contributed by atoms with E-state index in [1.54, 1.807) is 23.4 Å². The average molecular weight is 620 g/mol. The second-order valence-corrected chi connectivity index (χ2v) is 12.2. The Hall–Kier alpha value is -4.16. The predicted octanol–water partition coefficient (Wildman–Crippen LogP) is 6.59. The van der Waals surface area contributed by atoms with Gasteiger partial charge in [0.1, 0.15) is 17.1 Å². The molecule has 3 aromatic heterocycles. The van der Waals surface area contributed by atoms with Gasteiger partial charge in [-0.2, -0.15) is 13.2 Å². The lowest BCUT2D eigenvalue weighted by atomic mass is 9.92. The fourth-order valence-corrected chi connectivity index (χ4v) is 6.37. The standard InChI is InChI=1S/C33H36F3N7O2/c1-2-20-18-43(32(44)40-24-6-5-22(27(14-24)33(34,35)36)17-42-11-9-37-10-12-42)19-23-13-25(16-39-30(20)23)45-29-7-8-38-31-26(29)15-28(41-31)21-3-4-21/h5-8,13-16,20-21,37H,2-4,9-12,17-19H2,1H3,(H,38,41)(H,40,44)/t20-/m1/s1. The number of urea groups is 1. The minimum Gasteiger partial charge on any atom is -0.455 e. The van der Waals surface area contributed by atoms with E-state index in [2.05, 4.69) is 26.7 Å². The van der Waals surface area contributed by atoms with Crippen LogP contribution < -0.4 is 15.4 Å². The highest BCUT2D eigenvalue weighted by atomic mass is 19.4. The van der Waals surface area contributed by atoms with Gasteiger partial charge >= 0.3 is 12.2 Å². The summed E-state index contributed by atoms with van der Waals surface area (Å²) in [5, 5.41) is 6.84. The first-order chi connectivity index (χ1) is 21.7. The summed E-state index contributed by atoms with van der Waals surface area (Å²) in [4.78, 5) is 29.6. The molecule has 236 valence electrons. The largest absolute Gasteiger partial charge is 0.455 e. The molecular formula is C33H36F3N7O2. The first-order valence-electron chi connectivity index (χ1n) is 15.6. The number of carbonyl (C=O) groups is 1. The monoisotopic (exact) mass is 619 g/mol. The molecule has 1 atom stereocenters. The van der Waals surface area contributed by atoms with Gasteiger partial charge < -0.3 is 25.3 Å². The quantitative estimate of drug-likeness (QED) is 0.216. The van der Waals surface area contributed by atoms with Crippen molar-refractivity contribution in [1.82, 2.24) is 30.1 Å². The first-order valence-corrected chi connectivity index (χ1v) is 15.6. The van der Waals surface area contributed by atoms with Gasteiger partial charge in [0.05, 0.1) is 22.8 Å². The van der Waals surface area contributed by atoms with Gasteiger partial charge in [-0.25, -0.2) is 9.78 Å². The zero-order valence-corrected chi connectivity index (χ0v) is 25.1. The van der Waals surface area contributed by atoms with E-state index >= 15 is 0 Å². The normalized spacial score (nSPS) is 19.0. The highest BCUT2D eigenvalue weighted by Gasteiger charge is 2.35. The number of aromatic nitrogens is 3. The smallest absolute Gasteiger partial charge is 0.416 e. The second-order valence-electron chi connectivity index (χ2n) is 12.2. The minimum absolute atomic E-state index is 0.0147. The van der Waals surface area contributed by atoms with Gasteiger partial charge in [-0.15, -0.1) is 0 Å². The number of hydrogen-bond acceptors (Lipinski definition) is 6. The zero-order chi connectivity index (χ0) is 31.1. The molecule has 1 aromatic carbocycles. The number of aromatic amines is 1. The number of nitrogens with zero attached hydrogens (tertiary/aromatic N) is 4. The summed E-state index contributed by atoms with van der Waals surface area (Å²) in [5.74, 6) is 1.75. The number of piperazine rings is 1. The molecule has 7 rings (SSSR count). The SMILES string of the molecule is CC[C@@H]1CN(C(=O)Nc2ccc(CN3CCNCC3)c(C(F)(F)F)c2)Cc2cc(Oc3ccnc4[nH]c(C5CC5)cc34)cnc21. The number of anilines is 1. The Bertz CT molecular complexity index is 1710. The van der Waals surface area contributed by atoms with Crippen LogP contribution in [0.4, 0.5) is 23.7 Å². The third-order valence-corrected chi connectivity index (χ3v) is 8.97. The molecule has 1 aliphatic carbocycles. The number of hydrogen-bond donors (Lipinski definition) is 3. The van der Waals surface area contributed by atoms with Crippen LogP contribution in [-0.4, -0.2) is 63.5 Å². The van der Waals surface area contributed by atoms with Gasteiger partial charge in [0.2, 0.25) is 0 Å². The van der Waals surface area contributed by atoms with Gasteiger partial charge in [0.15, 0.2) is 0 Å². The van der Waals surface area contributed by atoms with E-state index in [0.29, 0.717) is 37.1 Å². The van der Waals surface area contributed by atoms with E-state index in [1.165, 1.54) is 24.6 Å². The van der Waals surface area contributed by atoms with Crippen LogP contribution in [0.2, 0.25) is 0 Å². The summed E-state index contributed by atoms with van der Waals surface area (Å²) in [7, 11) is 0. The Labute approximate surface area is 259 Å². The van der Waals surface area contributed by atoms with Crippen molar-refractivity contribution in [2.45, 2.75) is 57.3 Å². The average Bonchev–Trinajstić information content (AvgIpc) is 3.79. The van der Waals surface area contributed by atoms with Crippen LogP contribution >= 0.6 is 0 Å². The summed E-state index contributed by atoms with van der Waals surface area (Å²) in [6, 6.07) is 9.44. The van der Waals surface area contributed by atoms with E-state index in [4.69, 9.17) is 9.72 Å². The fraction of sp³-hybridized carbons (Fsp3) is 0.424. The number of halogens is 3. The Kier molecular flexibility index (Phi) is 7.86. The van der Waals surface area contributed by atoms with Gasteiger partial charge in [-0.3, -0.25) is 9.88 Å². The van der Waals surface area contributed by atoms with Gasteiger partial charge in [0, 0.05) is 69.3 Å². The number of amides is 2. The molecule has 0 bridgehead atoms. The lowest BCUT2D eigenvalue weighted by Gasteiger charge is -2.34. The van der Waals surface area contributed by atoms with Crippen molar-refractivity contribution >= 4 is 22.8 Å². The number of H-pyrrole nitrogens is 1. The van der Waals surface area contributed by atoms with E-state index in [-0.39, 0.29) is 30.3 Å². The van der Waals surface area contributed by atoms with E-state index < -0.39 is 17.8 Å². The topological polar surface area (TPSA) is 98.4 Å². The number of pyridine rings is 2. The third-order valence-electron chi connectivity index (χ3n) is 8.97. The molecule has 2 amide bonds. The molecule has 0 unspecified atom stereocenters.